The SMILES string of the molecule is CC(C)NCC(O)COC1C=CC(CCOCC2CC2)=CC1. The van der Waals surface area contributed by atoms with Gasteiger partial charge >= 0.3 is 0 Å². The molecular weight excluding hydrogens is 278 g/mol. The minimum atomic E-state index is -0.447. The highest BCUT2D eigenvalue weighted by molar-refractivity contribution is 5.24. The zero-order chi connectivity index (χ0) is 15.8. The van der Waals surface area contributed by atoms with Crippen molar-refractivity contribution < 1.29 is 14.6 Å². The fraction of sp³-hybridized carbons (Fsp3) is 0.778. The predicted molar refractivity (Wildman–Crippen MR) is 88.9 cm³/mol. The van der Waals surface area contributed by atoms with Gasteiger partial charge in [0.15, 0.2) is 0 Å². The highest BCUT2D eigenvalue weighted by atomic mass is 16.5. The van der Waals surface area contributed by atoms with Crippen LogP contribution in [0.1, 0.15) is 39.5 Å². The van der Waals surface area contributed by atoms with E-state index < -0.39 is 6.10 Å². The van der Waals surface area contributed by atoms with Crippen LogP contribution in [0.4, 0.5) is 0 Å². The molecule has 2 unspecified atom stereocenters. The lowest BCUT2D eigenvalue weighted by Crippen LogP contribution is -2.35. The summed E-state index contributed by atoms with van der Waals surface area (Å²) in [6, 6.07) is 0.386. The molecule has 1 fully saturated rings. The van der Waals surface area contributed by atoms with Crippen LogP contribution in [0.15, 0.2) is 23.8 Å². The monoisotopic (exact) mass is 309 g/mol. The zero-order valence-corrected chi connectivity index (χ0v) is 14.0. The molecule has 126 valence electrons. The fourth-order valence-corrected chi connectivity index (χ4v) is 2.34. The Balaban J connectivity index is 1.52. The number of allylic oxidation sites excluding steroid dienone is 1. The maximum Gasteiger partial charge on any atom is 0.0898 e. The predicted octanol–water partition coefficient (Wildman–Crippen LogP) is 2.43. The Morgan fingerprint density at radius 2 is 2.18 bits per heavy atom. The third-order valence-corrected chi connectivity index (χ3v) is 3.99. The lowest BCUT2D eigenvalue weighted by atomic mass is 10.0. The molecule has 2 atom stereocenters. The Morgan fingerprint density at radius 1 is 1.36 bits per heavy atom. The van der Waals surface area contributed by atoms with Crippen LogP contribution in [-0.2, 0) is 9.47 Å². The highest BCUT2D eigenvalue weighted by Gasteiger charge is 2.21. The van der Waals surface area contributed by atoms with Crippen LogP contribution in [0.25, 0.3) is 0 Å². The van der Waals surface area contributed by atoms with Gasteiger partial charge in [0.25, 0.3) is 0 Å². The highest BCUT2D eigenvalue weighted by Crippen LogP contribution is 2.28. The quantitative estimate of drug-likeness (QED) is 0.576. The second-order valence-electron chi connectivity index (χ2n) is 6.73. The van der Waals surface area contributed by atoms with Gasteiger partial charge in [-0.15, -0.1) is 0 Å². The first-order valence-electron chi connectivity index (χ1n) is 8.61. The Labute approximate surface area is 134 Å². The Hall–Kier alpha value is -0.680. The number of aliphatic hydroxyl groups excluding tert-OH is 1. The van der Waals surface area contributed by atoms with Crippen LogP contribution in [-0.4, -0.2) is 49.7 Å². The molecule has 2 aliphatic rings. The van der Waals surface area contributed by atoms with Crippen molar-refractivity contribution in [3.63, 3.8) is 0 Å². The molecule has 0 radical (unpaired) electrons. The molecule has 0 amide bonds. The van der Waals surface area contributed by atoms with E-state index in [1.807, 2.05) is 0 Å². The smallest absolute Gasteiger partial charge is 0.0898 e. The summed E-state index contributed by atoms with van der Waals surface area (Å²) in [4.78, 5) is 0. The van der Waals surface area contributed by atoms with Crippen LogP contribution in [0.2, 0.25) is 0 Å². The van der Waals surface area contributed by atoms with Crippen molar-refractivity contribution in [1.82, 2.24) is 5.32 Å². The van der Waals surface area contributed by atoms with Gasteiger partial charge in [0.2, 0.25) is 0 Å². The molecule has 1 saturated carbocycles. The van der Waals surface area contributed by atoms with Gasteiger partial charge in [-0.1, -0.05) is 32.1 Å². The minimum Gasteiger partial charge on any atom is -0.389 e. The molecule has 2 N–H and O–H groups in total. The van der Waals surface area contributed by atoms with E-state index in [2.05, 4.69) is 37.4 Å². The van der Waals surface area contributed by atoms with Crippen molar-refractivity contribution in [3.8, 4) is 0 Å². The van der Waals surface area contributed by atoms with Gasteiger partial charge in [0, 0.05) is 19.2 Å². The van der Waals surface area contributed by atoms with Gasteiger partial charge in [-0.2, -0.15) is 0 Å². The largest absolute Gasteiger partial charge is 0.389 e. The topological polar surface area (TPSA) is 50.7 Å². The number of rotatable bonds is 11. The lowest BCUT2D eigenvalue weighted by Gasteiger charge is -2.20. The van der Waals surface area contributed by atoms with Gasteiger partial charge < -0.3 is 19.9 Å². The minimum absolute atomic E-state index is 0.0878. The molecule has 4 heteroatoms. The van der Waals surface area contributed by atoms with Gasteiger partial charge in [-0.25, -0.2) is 0 Å². The fourth-order valence-electron chi connectivity index (χ4n) is 2.34. The molecule has 0 bridgehead atoms. The van der Waals surface area contributed by atoms with Crippen LogP contribution in [0, 0.1) is 5.92 Å². The van der Waals surface area contributed by atoms with Crippen molar-refractivity contribution in [2.45, 2.75) is 57.8 Å². The van der Waals surface area contributed by atoms with Crippen molar-refractivity contribution in [2.75, 3.05) is 26.4 Å². The molecule has 0 aromatic heterocycles. The summed E-state index contributed by atoms with van der Waals surface area (Å²) in [5, 5.41) is 13.0. The summed E-state index contributed by atoms with van der Waals surface area (Å²) in [7, 11) is 0. The number of hydrogen-bond donors (Lipinski definition) is 2. The second kappa shape index (κ2) is 9.46. The molecule has 0 saturated heterocycles. The van der Waals surface area contributed by atoms with E-state index in [1.54, 1.807) is 0 Å². The van der Waals surface area contributed by atoms with E-state index in [4.69, 9.17) is 9.47 Å². The molecule has 2 rings (SSSR count). The molecule has 0 aromatic carbocycles. The van der Waals surface area contributed by atoms with E-state index in [-0.39, 0.29) is 6.10 Å². The molecule has 2 aliphatic carbocycles. The van der Waals surface area contributed by atoms with Crippen LogP contribution in [0.3, 0.4) is 0 Å². The van der Waals surface area contributed by atoms with Gasteiger partial charge in [0.05, 0.1) is 25.4 Å². The standard InChI is InChI=1S/C18H31NO3/c1-14(2)19-11-17(20)13-22-18-7-5-15(6-8-18)9-10-21-12-16-3-4-16/h5-7,14,16-20H,3-4,8-13H2,1-2H3. The zero-order valence-electron chi connectivity index (χ0n) is 14.0. The molecule has 0 aromatic rings. The maximum absolute atomic E-state index is 9.83. The molecule has 22 heavy (non-hydrogen) atoms. The van der Waals surface area contributed by atoms with Crippen molar-refractivity contribution in [3.05, 3.63) is 23.8 Å². The van der Waals surface area contributed by atoms with Crippen molar-refractivity contribution in [1.29, 1.82) is 0 Å². The maximum atomic E-state index is 9.83. The second-order valence-corrected chi connectivity index (χ2v) is 6.73. The van der Waals surface area contributed by atoms with Crippen molar-refractivity contribution >= 4 is 0 Å². The Kier molecular flexibility index (Phi) is 7.60. The average Bonchev–Trinajstić information content (AvgIpc) is 3.33. The summed E-state index contributed by atoms with van der Waals surface area (Å²) in [5.41, 5.74) is 1.33. The van der Waals surface area contributed by atoms with Crippen LogP contribution in [0.5, 0.6) is 0 Å². The molecule has 0 spiro atoms. The van der Waals surface area contributed by atoms with Gasteiger partial charge in [-0.05, 0) is 37.2 Å². The first-order valence-corrected chi connectivity index (χ1v) is 8.61. The van der Waals surface area contributed by atoms with E-state index in [1.165, 1.54) is 18.4 Å². The lowest BCUT2D eigenvalue weighted by molar-refractivity contribution is 0.0103. The number of aliphatic hydroxyl groups is 1. The van der Waals surface area contributed by atoms with Crippen LogP contribution >= 0.6 is 0 Å². The third kappa shape index (κ3) is 7.54. The van der Waals surface area contributed by atoms with E-state index in [0.717, 1.165) is 32.0 Å². The van der Waals surface area contributed by atoms with E-state index in [0.29, 0.717) is 19.2 Å². The average molecular weight is 309 g/mol. The number of ether oxygens (including phenoxy) is 2. The molecule has 4 nitrogen and oxygen atoms in total. The Morgan fingerprint density at radius 3 is 2.82 bits per heavy atom. The van der Waals surface area contributed by atoms with E-state index in [9.17, 15) is 5.11 Å². The normalized spacial score (nSPS) is 22.9. The first kappa shape index (κ1) is 17.7. The summed E-state index contributed by atoms with van der Waals surface area (Å²) in [6.07, 6.45) is 10.7. The third-order valence-electron chi connectivity index (χ3n) is 3.99. The summed E-state index contributed by atoms with van der Waals surface area (Å²) >= 11 is 0. The first-order chi connectivity index (χ1) is 10.6. The summed E-state index contributed by atoms with van der Waals surface area (Å²) in [5.74, 6) is 0.838. The molecular formula is C18H31NO3. The van der Waals surface area contributed by atoms with Crippen molar-refractivity contribution in [2.24, 2.45) is 5.92 Å². The molecule has 0 aliphatic heterocycles. The summed E-state index contributed by atoms with van der Waals surface area (Å²) in [6.45, 7) is 6.84. The number of nitrogens with one attached hydrogen (secondary N) is 1. The van der Waals surface area contributed by atoms with Gasteiger partial charge in [-0.3, -0.25) is 0 Å². The molecule has 0 heterocycles. The number of hydrogen-bond acceptors (Lipinski definition) is 4. The summed E-state index contributed by atoms with van der Waals surface area (Å²) < 4.78 is 11.4. The van der Waals surface area contributed by atoms with E-state index >= 15 is 0 Å². The van der Waals surface area contributed by atoms with Crippen LogP contribution < -0.4 is 5.32 Å². The Bertz CT molecular complexity index is 375. The van der Waals surface area contributed by atoms with Gasteiger partial charge in [0.1, 0.15) is 0 Å².